The topological polar surface area (TPSA) is 54.4 Å². The summed E-state index contributed by atoms with van der Waals surface area (Å²) < 4.78 is 22.7. The lowest BCUT2D eigenvalue weighted by atomic mass is 10.2. The zero-order valence-corrected chi connectivity index (χ0v) is 8.08. The van der Waals surface area contributed by atoms with Crippen LogP contribution in [0.4, 0.5) is 0 Å². The standard InChI is InChI=1S/C9H11O3S/c1-7-3-5-9(6-4-7)13(11,12)8(2)10/h3-6,8,10H,2H2,1H3. The third-order valence-electron chi connectivity index (χ3n) is 1.71. The summed E-state index contributed by atoms with van der Waals surface area (Å²) in [6.07, 6.45) is 0. The van der Waals surface area contributed by atoms with E-state index in [1.807, 2.05) is 6.92 Å². The molecule has 4 heteroatoms. The molecule has 0 aliphatic heterocycles. The van der Waals surface area contributed by atoms with Crippen molar-refractivity contribution in [1.29, 1.82) is 0 Å². The number of benzene rings is 1. The molecule has 0 bridgehead atoms. The molecule has 71 valence electrons. The molecule has 1 aromatic carbocycles. The fourth-order valence-corrected chi connectivity index (χ4v) is 1.71. The Balaban J connectivity index is 3.17. The van der Waals surface area contributed by atoms with E-state index >= 15 is 0 Å². The summed E-state index contributed by atoms with van der Waals surface area (Å²) in [7, 11) is -3.65. The zero-order valence-electron chi connectivity index (χ0n) is 7.27. The maximum absolute atomic E-state index is 11.3. The van der Waals surface area contributed by atoms with Crippen molar-refractivity contribution in [2.24, 2.45) is 0 Å². The highest BCUT2D eigenvalue weighted by atomic mass is 32.2. The summed E-state index contributed by atoms with van der Waals surface area (Å²) in [5.74, 6) is 0. The highest BCUT2D eigenvalue weighted by molar-refractivity contribution is 7.92. The Kier molecular flexibility index (Phi) is 2.73. The molecule has 0 heterocycles. The third kappa shape index (κ3) is 2.08. The lowest BCUT2D eigenvalue weighted by molar-refractivity contribution is 0.292. The molecule has 0 aliphatic rings. The summed E-state index contributed by atoms with van der Waals surface area (Å²) in [5.41, 5.74) is -0.632. The van der Waals surface area contributed by atoms with E-state index in [4.69, 9.17) is 5.11 Å². The van der Waals surface area contributed by atoms with Crippen LogP contribution >= 0.6 is 0 Å². The number of sulfone groups is 1. The van der Waals surface area contributed by atoms with E-state index < -0.39 is 15.3 Å². The Morgan fingerprint density at radius 2 is 1.77 bits per heavy atom. The Bertz CT molecular complexity index is 376. The van der Waals surface area contributed by atoms with Crippen molar-refractivity contribution in [3.8, 4) is 0 Å². The molecule has 0 aromatic heterocycles. The minimum Gasteiger partial charge on any atom is -0.377 e. The first-order valence-electron chi connectivity index (χ1n) is 3.76. The number of aliphatic hydroxyl groups excluding tert-OH is 1. The van der Waals surface area contributed by atoms with Gasteiger partial charge in [-0.3, -0.25) is 0 Å². The molecular formula is C9H11O3S. The quantitative estimate of drug-likeness (QED) is 0.770. The molecule has 0 spiro atoms. The van der Waals surface area contributed by atoms with Crippen molar-refractivity contribution in [2.75, 3.05) is 0 Å². The molecular weight excluding hydrogens is 188 g/mol. The van der Waals surface area contributed by atoms with Crippen molar-refractivity contribution in [3.63, 3.8) is 0 Å². The van der Waals surface area contributed by atoms with E-state index in [0.717, 1.165) is 5.56 Å². The van der Waals surface area contributed by atoms with Gasteiger partial charge >= 0.3 is 0 Å². The Hall–Kier alpha value is -0.870. The Morgan fingerprint density at radius 1 is 1.31 bits per heavy atom. The molecule has 1 unspecified atom stereocenters. The fraction of sp³-hybridized carbons (Fsp3) is 0.222. The van der Waals surface area contributed by atoms with Crippen LogP contribution in [0.2, 0.25) is 0 Å². The molecule has 1 radical (unpaired) electrons. The molecule has 0 fully saturated rings. The molecule has 13 heavy (non-hydrogen) atoms. The molecule has 1 aromatic rings. The summed E-state index contributed by atoms with van der Waals surface area (Å²) in [5, 5.41) is 8.90. The SMILES string of the molecule is [CH2]C(O)S(=O)(=O)c1ccc(C)cc1. The van der Waals surface area contributed by atoms with Crippen LogP contribution in [0, 0.1) is 13.8 Å². The van der Waals surface area contributed by atoms with Crippen molar-refractivity contribution in [2.45, 2.75) is 17.3 Å². The van der Waals surface area contributed by atoms with Gasteiger partial charge in [0.15, 0.2) is 5.44 Å². The normalized spacial score (nSPS) is 14.1. The molecule has 1 N–H and O–H groups in total. The number of rotatable bonds is 2. The highest BCUT2D eigenvalue weighted by Gasteiger charge is 2.20. The third-order valence-corrected chi connectivity index (χ3v) is 3.35. The van der Waals surface area contributed by atoms with Gasteiger partial charge in [-0.1, -0.05) is 17.7 Å². The van der Waals surface area contributed by atoms with Gasteiger partial charge < -0.3 is 5.11 Å². The van der Waals surface area contributed by atoms with Crippen LogP contribution in [0.1, 0.15) is 5.56 Å². The number of aryl methyl sites for hydroxylation is 1. The Labute approximate surface area is 77.9 Å². The largest absolute Gasteiger partial charge is 0.377 e. The summed E-state index contributed by atoms with van der Waals surface area (Å²) in [6.45, 7) is 4.93. The predicted molar refractivity (Wildman–Crippen MR) is 49.7 cm³/mol. The average Bonchev–Trinajstić information content (AvgIpc) is 2.04. The predicted octanol–water partition coefficient (Wildman–Crippen LogP) is 0.921. The minimum atomic E-state index is -3.65. The van der Waals surface area contributed by atoms with Crippen LogP contribution in [-0.4, -0.2) is 19.0 Å². The lowest BCUT2D eigenvalue weighted by Crippen LogP contribution is -2.17. The summed E-state index contributed by atoms with van der Waals surface area (Å²) in [4.78, 5) is 0.0978. The number of hydrogen-bond donors (Lipinski definition) is 1. The number of hydrogen-bond acceptors (Lipinski definition) is 3. The highest BCUT2D eigenvalue weighted by Crippen LogP contribution is 2.14. The van der Waals surface area contributed by atoms with E-state index in [1.54, 1.807) is 12.1 Å². The van der Waals surface area contributed by atoms with Gasteiger partial charge in [0.25, 0.3) is 0 Å². The van der Waals surface area contributed by atoms with E-state index in [1.165, 1.54) is 12.1 Å². The minimum absolute atomic E-state index is 0.0978. The van der Waals surface area contributed by atoms with Gasteiger partial charge in [0.05, 0.1) is 4.90 Å². The second kappa shape index (κ2) is 3.47. The molecule has 1 atom stereocenters. The maximum Gasteiger partial charge on any atom is 0.204 e. The zero-order chi connectivity index (χ0) is 10.1. The van der Waals surface area contributed by atoms with Gasteiger partial charge in [0, 0.05) is 0 Å². The molecule has 0 aliphatic carbocycles. The van der Waals surface area contributed by atoms with Gasteiger partial charge in [0.1, 0.15) is 0 Å². The second-order valence-electron chi connectivity index (χ2n) is 2.81. The van der Waals surface area contributed by atoms with Gasteiger partial charge in [-0.15, -0.1) is 0 Å². The number of aliphatic hydroxyl groups is 1. The second-order valence-corrected chi connectivity index (χ2v) is 4.92. The first-order chi connectivity index (χ1) is 5.94. The molecule has 0 saturated heterocycles. The van der Waals surface area contributed by atoms with Crippen molar-refractivity contribution >= 4 is 9.84 Å². The first kappa shape index (κ1) is 10.2. The van der Waals surface area contributed by atoms with Crippen LogP contribution in [-0.2, 0) is 9.84 Å². The van der Waals surface area contributed by atoms with Crippen LogP contribution in [0.15, 0.2) is 29.2 Å². The van der Waals surface area contributed by atoms with Crippen molar-refractivity contribution in [3.05, 3.63) is 36.8 Å². The monoisotopic (exact) mass is 199 g/mol. The molecule has 3 nitrogen and oxygen atoms in total. The van der Waals surface area contributed by atoms with Crippen LogP contribution in [0.3, 0.4) is 0 Å². The molecule has 0 saturated carbocycles. The summed E-state index contributed by atoms with van der Waals surface area (Å²) >= 11 is 0. The smallest absolute Gasteiger partial charge is 0.204 e. The summed E-state index contributed by atoms with van der Waals surface area (Å²) in [6, 6.07) is 6.27. The van der Waals surface area contributed by atoms with Crippen molar-refractivity contribution < 1.29 is 13.5 Å². The van der Waals surface area contributed by atoms with Crippen LogP contribution in [0.25, 0.3) is 0 Å². The molecule has 1 rings (SSSR count). The van der Waals surface area contributed by atoms with Gasteiger partial charge in [0.2, 0.25) is 9.84 Å². The average molecular weight is 199 g/mol. The van der Waals surface area contributed by atoms with Gasteiger partial charge in [-0.25, -0.2) is 8.42 Å². The van der Waals surface area contributed by atoms with E-state index in [2.05, 4.69) is 6.92 Å². The Morgan fingerprint density at radius 3 is 2.15 bits per heavy atom. The van der Waals surface area contributed by atoms with Gasteiger partial charge in [-0.2, -0.15) is 0 Å². The lowest BCUT2D eigenvalue weighted by Gasteiger charge is -2.06. The van der Waals surface area contributed by atoms with Gasteiger partial charge in [-0.05, 0) is 26.0 Å². The van der Waals surface area contributed by atoms with Crippen LogP contribution in [0.5, 0.6) is 0 Å². The van der Waals surface area contributed by atoms with Crippen LogP contribution < -0.4 is 0 Å². The van der Waals surface area contributed by atoms with E-state index in [-0.39, 0.29) is 4.90 Å². The maximum atomic E-state index is 11.3. The molecule has 0 amide bonds. The first-order valence-corrected chi connectivity index (χ1v) is 5.31. The van der Waals surface area contributed by atoms with Crippen molar-refractivity contribution in [1.82, 2.24) is 0 Å². The van der Waals surface area contributed by atoms with E-state index in [0.29, 0.717) is 0 Å². The van der Waals surface area contributed by atoms with E-state index in [9.17, 15) is 8.42 Å². The fourth-order valence-electron chi connectivity index (χ4n) is 0.885.